The van der Waals surface area contributed by atoms with Crippen molar-refractivity contribution in [1.29, 1.82) is 0 Å². The van der Waals surface area contributed by atoms with Gasteiger partial charge in [-0.15, -0.1) is 0 Å². The molecular weight excluding hydrogens is 542 g/mol. The second-order valence-electron chi connectivity index (χ2n) is 11.8. The third-order valence-electron chi connectivity index (χ3n) is 8.15. The van der Waals surface area contributed by atoms with Crippen LogP contribution in [0.5, 0.6) is 0 Å². The SMILES string of the molecule is CCn1c(-c2cc(C3CN(C4CC4)C3)cnc2C(C)OC)c(CC(C)(C)COC(C)=O)c2cc(Br)ccc21. The molecule has 6 nitrogen and oxygen atoms in total. The molecule has 5 rings (SSSR count). The Balaban J connectivity index is 1.67. The number of fused-ring (bicyclic) bond motifs is 1. The van der Waals surface area contributed by atoms with E-state index in [-0.39, 0.29) is 17.5 Å². The molecule has 2 aromatic heterocycles. The second-order valence-corrected chi connectivity index (χ2v) is 12.7. The molecule has 1 saturated heterocycles. The number of hydrogen-bond donors (Lipinski definition) is 0. The molecular formula is C31H40BrN3O3. The lowest BCUT2D eigenvalue weighted by molar-refractivity contribution is -0.143. The summed E-state index contributed by atoms with van der Waals surface area (Å²) in [5.74, 6) is 0.275. The number of aromatic nitrogens is 2. The maximum absolute atomic E-state index is 11.6. The molecule has 2 aliphatic rings. The summed E-state index contributed by atoms with van der Waals surface area (Å²) >= 11 is 3.71. The molecule has 3 aromatic rings. The van der Waals surface area contributed by atoms with Gasteiger partial charge in [0.05, 0.1) is 24.1 Å². The quantitative estimate of drug-likeness (QED) is 0.244. The number of pyridine rings is 1. The number of methoxy groups -OCH3 is 1. The fraction of sp³-hybridized carbons (Fsp3) is 0.548. The number of carbonyl (C=O) groups excluding carboxylic acids is 1. The number of esters is 1. The molecule has 0 spiro atoms. The summed E-state index contributed by atoms with van der Waals surface area (Å²) in [6.45, 7) is 13.5. The Bertz CT molecular complexity index is 1340. The van der Waals surface area contributed by atoms with E-state index in [4.69, 9.17) is 14.5 Å². The van der Waals surface area contributed by atoms with E-state index in [0.29, 0.717) is 12.5 Å². The molecule has 0 N–H and O–H groups in total. The van der Waals surface area contributed by atoms with Gasteiger partial charge in [0.1, 0.15) is 0 Å². The summed E-state index contributed by atoms with van der Waals surface area (Å²) in [5.41, 5.74) is 6.84. The average molecular weight is 583 g/mol. The number of hydrogen-bond acceptors (Lipinski definition) is 5. The Morgan fingerprint density at radius 1 is 1.24 bits per heavy atom. The van der Waals surface area contributed by atoms with Gasteiger partial charge >= 0.3 is 5.97 Å². The van der Waals surface area contributed by atoms with Crippen LogP contribution in [0.2, 0.25) is 0 Å². The van der Waals surface area contributed by atoms with Gasteiger partial charge in [-0.2, -0.15) is 0 Å². The van der Waals surface area contributed by atoms with Crippen LogP contribution in [0.1, 0.15) is 76.3 Å². The smallest absolute Gasteiger partial charge is 0.302 e. The predicted molar refractivity (Wildman–Crippen MR) is 155 cm³/mol. The molecule has 1 saturated carbocycles. The summed E-state index contributed by atoms with van der Waals surface area (Å²) in [4.78, 5) is 19.3. The fourth-order valence-corrected chi connectivity index (χ4v) is 6.20. The van der Waals surface area contributed by atoms with Crippen LogP contribution in [0.25, 0.3) is 22.2 Å². The van der Waals surface area contributed by atoms with Gasteiger partial charge in [-0.25, -0.2) is 0 Å². The molecule has 0 radical (unpaired) electrons. The lowest BCUT2D eigenvalue weighted by Crippen LogP contribution is -2.46. The van der Waals surface area contributed by atoms with Crippen molar-refractivity contribution in [3.8, 4) is 11.3 Å². The molecule has 1 atom stereocenters. The number of nitrogens with zero attached hydrogens (tertiary/aromatic N) is 3. The van der Waals surface area contributed by atoms with Crippen molar-refractivity contribution < 1.29 is 14.3 Å². The zero-order chi connectivity index (χ0) is 27.2. The Labute approximate surface area is 234 Å². The summed E-state index contributed by atoms with van der Waals surface area (Å²) < 4.78 is 14.8. The summed E-state index contributed by atoms with van der Waals surface area (Å²) in [5, 5.41) is 1.22. The normalized spacial score (nSPS) is 17.6. The van der Waals surface area contributed by atoms with E-state index < -0.39 is 0 Å². The molecule has 38 heavy (non-hydrogen) atoms. The highest BCUT2D eigenvalue weighted by Crippen LogP contribution is 2.43. The molecule has 1 aliphatic carbocycles. The van der Waals surface area contributed by atoms with Crippen LogP contribution in [-0.4, -0.2) is 53.3 Å². The van der Waals surface area contributed by atoms with Gasteiger partial charge in [-0.3, -0.25) is 14.7 Å². The summed E-state index contributed by atoms with van der Waals surface area (Å²) in [6.07, 6.45) is 5.39. The van der Waals surface area contributed by atoms with E-state index in [9.17, 15) is 4.79 Å². The lowest BCUT2D eigenvalue weighted by Gasteiger charge is -2.40. The number of benzene rings is 1. The maximum atomic E-state index is 11.6. The van der Waals surface area contributed by atoms with Gasteiger partial charge in [0, 0.05) is 78.2 Å². The third-order valence-corrected chi connectivity index (χ3v) is 8.64. The summed E-state index contributed by atoms with van der Waals surface area (Å²) in [7, 11) is 1.75. The fourth-order valence-electron chi connectivity index (χ4n) is 5.84. The van der Waals surface area contributed by atoms with Crippen LogP contribution in [0.15, 0.2) is 34.9 Å². The van der Waals surface area contributed by atoms with Crippen LogP contribution in [0.4, 0.5) is 0 Å². The highest BCUT2D eigenvalue weighted by Gasteiger charge is 2.39. The molecule has 0 amide bonds. The third kappa shape index (κ3) is 5.43. The van der Waals surface area contributed by atoms with Crippen LogP contribution < -0.4 is 0 Å². The van der Waals surface area contributed by atoms with Gasteiger partial charge in [0.25, 0.3) is 0 Å². The van der Waals surface area contributed by atoms with E-state index in [1.807, 2.05) is 0 Å². The monoisotopic (exact) mass is 581 g/mol. The minimum atomic E-state index is -0.245. The number of ether oxygens (including phenoxy) is 2. The molecule has 3 heterocycles. The van der Waals surface area contributed by atoms with Crippen molar-refractivity contribution in [2.75, 3.05) is 26.8 Å². The van der Waals surface area contributed by atoms with Crippen LogP contribution in [0.3, 0.4) is 0 Å². The Morgan fingerprint density at radius 2 is 1.97 bits per heavy atom. The Hall–Kier alpha value is -2.22. The number of carbonyl (C=O) groups is 1. The molecule has 0 bridgehead atoms. The first-order valence-corrected chi connectivity index (χ1v) is 14.6. The van der Waals surface area contributed by atoms with E-state index in [1.54, 1.807) is 7.11 Å². The van der Waals surface area contributed by atoms with Crippen molar-refractivity contribution in [1.82, 2.24) is 14.5 Å². The van der Waals surface area contributed by atoms with Gasteiger partial charge < -0.3 is 14.0 Å². The van der Waals surface area contributed by atoms with E-state index in [0.717, 1.165) is 47.8 Å². The second kappa shape index (κ2) is 10.7. The highest BCUT2D eigenvalue weighted by atomic mass is 79.9. The summed E-state index contributed by atoms with van der Waals surface area (Å²) in [6, 6.07) is 9.72. The Morgan fingerprint density at radius 3 is 2.61 bits per heavy atom. The van der Waals surface area contributed by atoms with Crippen molar-refractivity contribution in [3.05, 3.63) is 51.8 Å². The molecule has 7 heteroatoms. The van der Waals surface area contributed by atoms with Crippen molar-refractivity contribution in [2.45, 2.75) is 78.5 Å². The lowest BCUT2D eigenvalue weighted by atomic mass is 9.83. The van der Waals surface area contributed by atoms with Gasteiger partial charge in [0.15, 0.2) is 0 Å². The number of aryl methyl sites for hydroxylation is 1. The topological polar surface area (TPSA) is 56.6 Å². The molecule has 2 fully saturated rings. The zero-order valence-electron chi connectivity index (χ0n) is 23.5. The number of likely N-dealkylation sites (tertiary alicyclic amines) is 1. The standard InChI is InChI=1S/C31H40BrN3O3/c1-7-35-28-11-8-23(32)13-25(28)27(14-31(4,5)18-38-20(3)36)30(35)26-12-21(15-33-29(26)19(2)37-6)22-16-34(17-22)24-9-10-24/h8,11-13,15,19,22,24H,7,9-10,14,16-18H2,1-6H3. The van der Waals surface area contributed by atoms with Crippen LogP contribution in [0, 0.1) is 5.41 Å². The number of halogens is 1. The minimum absolute atomic E-state index is 0.139. The molecule has 204 valence electrons. The Kier molecular flexibility index (Phi) is 7.73. The average Bonchev–Trinajstić information content (AvgIpc) is 3.64. The van der Waals surface area contributed by atoms with Gasteiger partial charge in [-0.05, 0) is 68.5 Å². The van der Waals surface area contributed by atoms with E-state index >= 15 is 0 Å². The van der Waals surface area contributed by atoms with Gasteiger partial charge in [0.2, 0.25) is 0 Å². The molecule has 1 aliphatic heterocycles. The first-order chi connectivity index (χ1) is 18.1. The predicted octanol–water partition coefficient (Wildman–Crippen LogP) is 6.89. The zero-order valence-corrected chi connectivity index (χ0v) is 25.1. The highest BCUT2D eigenvalue weighted by molar-refractivity contribution is 9.10. The van der Waals surface area contributed by atoms with Crippen molar-refractivity contribution in [3.63, 3.8) is 0 Å². The molecule has 1 unspecified atom stereocenters. The first kappa shape index (κ1) is 27.4. The van der Waals surface area contributed by atoms with Crippen LogP contribution in [-0.2, 0) is 27.2 Å². The maximum Gasteiger partial charge on any atom is 0.302 e. The van der Waals surface area contributed by atoms with Crippen LogP contribution >= 0.6 is 15.9 Å². The first-order valence-electron chi connectivity index (χ1n) is 13.8. The number of rotatable bonds is 10. The molecule has 1 aromatic carbocycles. The van der Waals surface area contributed by atoms with E-state index in [2.05, 4.69) is 83.6 Å². The van der Waals surface area contributed by atoms with Crippen molar-refractivity contribution in [2.24, 2.45) is 5.41 Å². The minimum Gasteiger partial charge on any atom is -0.465 e. The van der Waals surface area contributed by atoms with Crippen molar-refractivity contribution >= 4 is 32.8 Å². The van der Waals surface area contributed by atoms with Gasteiger partial charge in [-0.1, -0.05) is 29.8 Å². The van der Waals surface area contributed by atoms with E-state index in [1.165, 1.54) is 47.5 Å². The largest absolute Gasteiger partial charge is 0.465 e.